The molecule has 0 saturated carbocycles. The third-order valence-corrected chi connectivity index (χ3v) is 2.69. The van der Waals surface area contributed by atoms with Gasteiger partial charge in [-0.1, -0.05) is 12.1 Å². The average Bonchev–Trinajstić information content (AvgIpc) is 2.45. The molecule has 1 heterocycles. The second-order valence-electron chi connectivity index (χ2n) is 4.17. The first kappa shape index (κ1) is 14.3. The van der Waals surface area contributed by atoms with Gasteiger partial charge in [0.05, 0.1) is 17.5 Å². The van der Waals surface area contributed by atoms with Crippen molar-refractivity contribution in [3.8, 4) is 5.75 Å². The molecule has 2 rings (SSSR count). The van der Waals surface area contributed by atoms with Crippen LogP contribution in [0.15, 0.2) is 42.6 Å². The fourth-order valence-electron chi connectivity index (χ4n) is 1.57. The fourth-order valence-corrected chi connectivity index (χ4v) is 1.57. The molecule has 2 N–H and O–H groups in total. The SMILES string of the molecule is NCc1ccc(OCc2ccc(C(F)(F)F)cc2)cn1. The molecule has 3 nitrogen and oxygen atoms in total. The van der Waals surface area contributed by atoms with Gasteiger partial charge in [0.1, 0.15) is 12.4 Å². The number of pyridine rings is 1. The molecular weight excluding hydrogens is 269 g/mol. The number of halogens is 3. The van der Waals surface area contributed by atoms with E-state index in [4.69, 9.17) is 10.5 Å². The molecule has 0 bridgehead atoms. The highest BCUT2D eigenvalue weighted by atomic mass is 19.4. The van der Waals surface area contributed by atoms with Crippen LogP contribution in [0.2, 0.25) is 0 Å². The first-order chi connectivity index (χ1) is 9.49. The van der Waals surface area contributed by atoms with Crippen molar-refractivity contribution in [3.05, 3.63) is 59.4 Å². The maximum atomic E-state index is 12.4. The summed E-state index contributed by atoms with van der Waals surface area (Å²) >= 11 is 0. The van der Waals surface area contributed by atoms with Crippen molar-refractivity contribution in [2.24, 2.45) is 5.73 Å². The lowest BCUT2D eigenvalue weighted by Crippen LogP contribution is -2.05. The van der Waals surface area contributed by atoms with Crippen molar-refractivity contribution in [1.29, 1.82) is 0 Å². The van der Waals surface area contributed by atoms with E-state index in [0.29, 0.717) is 17.9 Å². The van der Waals surface area contributed by atoms with Crippen LogP contribution in [0.4, 0.5) is 13.2 Å². The van der Waals surface area contributed by atoms with Crippen molar-refractivity contribution in [3.63, 3.8) is 0 Å². The number of nitrogens with zero attached hydrogens (tertiary/aromatic N) is 1. The van der Waals surface area contributed by atoms with Gasteiger partial charge in [0, 0.05) is 6.54 Å². The normalized spacial score (nSPS) is 11.4. The van der Waals surface area contributed by atoms with Gasteiger partial charge in [-0.05, 0) is 29.8 Å². The zero-order chi connectivity index (χ0) is 14.6. The Labute approximate surface area is 114 Å². The lowest BCUT2D eigenvalue weighted by molar-refractivity contribution is -0.137. The van der Waals surface area contributed by atoms with E-state index in [1.54, 1.807) is 12.1 Å². The predicted molar refractivity (Wildman–Crippen MR) is 67.9 cm³/mol. The van der Waals surface area contributed by atoms with Gasteiger partial charge in [0.15, 0.2) is 0 Å². The predicted octanol–water partition coefficient (Wildman–Crippen LogP) is 3.14. The molecule has 6 heteroatoms. The van der Waals surface area contributed by atoms with E-state index >= 15 is 0 Å². The molecular formula is C14H13F3N2O. The Hall–Kier alpha value is -2.08. The quantitative estimate of drug-likeness (QED) is 0.937. The molecule has 0 amide bonds. The van der Waals surface area contributed by atoms with Crippen LogP contribution in [0.25, 0.3) is 0 Å². The molecule has 0 atom stereocenters. The Morgan fingerprint density at radius 3 is 2.25 bits per heavy atom. The van der Waals surface area contributed by atoms with E-state index in [1.165, 1.54) is 18.3 Å². The van der Waals surface area contributed by atoms with Gasteiger partial charge >= 0.3 is 6.18 Å². The molecule has 2 aromatic rings. The van der Waals surface area contributed by atoms with Crippen LogP contribution in [0.1, 0.15) is 16.8 Å². The monoisotopic (exact) mass is 282 g/mol. The summed E-state index contributed by atoms with van der Waals surface area (Å²) in [6.45, 7) is 0.529. The lowest BCUT2D eigenvalue weighted by Gasteiger charge is -2.09. The van der Waals surface area contributed by atoms with Gasteiger partial charge in [-0.15, -0.1) is 0 Å². The molecule has 0 spiro atoms. The molecule has 0 aliphatic heterocycles. The number of hydrogen-bond donors (Lipinski definition) is 1. The summed E-state index contributed by atoms with van der Waals surface area (Å²) in [5.41, 5.74) is 6.14. The Morgan fingerprint density at radius 1 is 1.05 bits per heavy atom. The van der Waals surface area contributed by atoms with Crippen LogP contribution < -0.4 is 10.5 Å². The number of rotatable bonds is 4. The number of alkyl halides is 3. The largest absolute Gasteiger partial charge is 0.487 e. The Morgan fingerprint density at radius 2 is 1.75 bits per heavy atom. The highest BCUT2D eigenvalue weighted by Gasteiger charge is 2.29. The second-order valence-corrected chi connectivity index (χ2v) is 4.17. The molecule has 1 aromatic heterocycles. The maximum Gasteiger partial charge on any atom is 0.416 e. The molecule has 0 fully saturated rings. The van der Waals surface area contributed by atoms with E-state index < -0.39 is 11.7 Å². The van der Waals surface area contributed by atoms with Gasteiger partial charge in [-0.3, -0.25) is 4.98 Å². The van der Waals surface area contributed by atoms with Crippen LogP contribution >= 0.6 is 0 Å². The lowest BCUT2D eigenvalue weighted by atomic mass is 10.1. The molecule has 0 aliphatic rings. The van der Waals surface area contributed by atoms with Crippen molar-refractivity contribution in [1.82, 2.24) is 4.98 Å². The van der Waals surface area contributed by atoms with Crippen LogP contribution in [-0.4, -0.2) is 4.98 Å². The van der Waals surface area contributed by atoms with Crippen molar-refractivity contribution < 1.29 is 17.9 Å². The van der Waals surface area contributed by atoms with Crippen molar-refractivity contribution >= 4 is 0 Å². The zero-order valence-electron chi connectivity index (χ0n) is 10.5. The minimum Gasteiger partial charge on any atom is -0.487 e. The maximum absolute atomic E-state index is 12.4. The number of aromatic nitrogens is 1. The molecule has 0 aliphatic carbocycles. The van der Waals surface area contributed by atoms with E-state index in [9.17, 15) is 13.2 Å². The average molecular weight is 282 g/mol. The van der Waals surface area contributed by atoms with Crippen LogP contribution in [0.3, 0.4) is 0 Å². The third-order valence-electron chi connectivity index (χ3n) is 2.69. The summed E-state index contributed by atoms with van der Waals surface area (Å²) in [7, 11) is 0. The van der Waals surface area contributed by atoms with Gasteiger partial charge < -0.3 is 10.5 Å². The molecule has 20 heavy (non-hydrogen) atoms. The Kier molecular flexibility index (Phi) is 4.24. The van der Waals surface area contributed by atoms with Crippen LogP contribution in [0, 0.1) is 0 Å². The molecule has 1 aromatic carbocycles. The van der Waals surface area contributed by atoms with E-state index in [-0.39, 0.29) is 6.61 Å². The number of nitrogens with two attached hydrogens (primary N) is 1. The van der Waals surface area contributed by atoms with Crippen LogP contribution in [0.5, 0.6) is 5.75 Å². The first-order valence-corrected chi connectivity index (χ1v) is 5.93. The highest BCUT2D eigenvalue weighted by molar-refractivity contribution is 5.25. The summed E-state index contributed by atoms with van der Waals surface area (Å²) in [4.78, 5) is 4.06. The van der Waals surface area contributed by atoms with Gasteiger partial charge in [0.2, 0.25) is 0 Å². The first-order valence-electron chi connectivity index (χ1n) is 5.93. The minimum atomic E-state index is -4.32. The smallest absolute Gasteiger partial charge is 0.416 e. The molecule has 0 saturated heterocycles. The fraction of sp³-hybridized carbons (Fsp3) is 0.214. The standard InChI is InChI=1S/C14H13F3N2O/c15-14(16,17)11-3-1-10(2-4-11)9-20-13-6-5-12(7-18)19-8-13/h1-6,8H,7,9,18H2. The number of hydrogen-bond acceptors (Lipinski definition) is 3. The van der Waals surface area contributed by atoms with Crippen LogP contribution in [-0.2, 0) is 19.3 Å². The Bertz CT molecular complexity index is 550. The molecule has 0 unspecified atom stereocenters. The topological polar surface area (TPSA) is 48.1 Å². The molecule has 0 radical (unpaired) electrons. The van der Waals surface area contributed by atoms with Gasteiger partial charge in [-0.25, -0.2) is 0 Å². The van der Waals surface area contributed by atoms with Gasteiger partial charge in [0.25, 0.3) is 0 Å². The zero-order valence-corrected chi connectivity index (χ0v) is 10.5. The summed E-state index contributed by atoms with van der Waals surface area (Å²) in [5, 5.41) is 0. The third kappa shape index (κ3) is 3.71. The van der Waals surface area contributed by atoms with Crippen molar-refractivity contribution in [2.45, 2.75) is 19.3 Å². The highest BCUT2D eigenvalue weighted by Crippen LogP contribution is 2.29. The summed E-state index contributed by atoms with van der Waals surface area (Å²) in [6, 6.07) is 8.32. The molecule has 106 valence electrons. The summed E-state index contributed by atoms with van der Waals surface area (Å²) in [6.07, 6.45) is -2.78. The Balaban J connectivity index is 1.96. The minimum absolute atomic E-state index is 0.182. The van der Waals surface area contributed by atoms with E-state index in [1.807, 2.05) is 0 Å². The summed E-state index contributed by atoms with van der Waals surface area (Å²) < 4.78 is 42.6. The number of ether oxygens (including phenoxy) is 1. The van der Waals surface area contributed by atoms with Gasteiger partial charge in [-0.2, -0.15) is 13.2 Å². The van der Waals surface area contributed by atoms with E-state index in [0.717, 1.165) is 17.8 Å². The number of benzene rings is 1. The second kappa shape index (κ2) is 5.92. The van der Waals surface area contributed by atoms with Crippen molar-refractivity contribution in [2.75, 3.05) is 0 Å². The van der Waals surface area contributed by atoms with E-state index in [2.05, 4.69) is 4.98 Å². The summed E-state index contributed by atoms with van der Waals surface area (Å²) in [5.74, 6) is 0.544.